The molecule has 2 aliphatic heterocycles. The molecule has 0 saturated carbocycles. The number of benzene rings is 3. The third-order valence-electron chi connectivity index (χ3n) is 6.70. The van der Waals surface area contributed by atoms with Crippen LogP contribution in [0.4, 0.5) is 5.69 Å². The third kappa shape index (κ3) is 4.35. The molecular formula is C27H28N2O2. The molecule has 4 heteroatoms. The van der Waals surface area contributed by atoms with Crippen LogP contribution in [0.2, 0.25) is 0 Å². The summed E-state index contributed by atoms with van der Waals surface area (Å²) in [7, 11) is 2.24. The van der Waals surface area contributed by atoms with Crippen molar-refractivity contribution in [1.82, 2.24) is 4.90 Å². The second-order valence-corrected chi connectivity index (χ2v) is 8.69. The van der Waals surface area contributed by atoms with Crippen molar-refractivity contribution in [3.8, 4) is 16.9 Å². The first kappa shape index (κ1) is 19.8. The van der Waals surface area contributed by atoms with Crippen molar-refractivity contribution in [2.45, 2.75) is 43.9 Å². The number of hydrogen-bond acceptors (Lipinski definition) is 3. The van der Waals surface area contributed by atoms with Crippen molar-refractivity contribution in [2.24, 2.45) is 0 Å². The van der Waals surface area contributed by atoms with Crippen LogP contribution < -0.4 is 10.1 Å². The highest BCUT2D eigenvalue weighted by Crippen LogP contribution is 2.36. The van der Waals surface area contributed by atoms with E-state index in [1.165, 1.54) is 12.8 Å². The summed E-state index contributed by atoms with van der Waals surface area (Å²) in [4.78, 5) is 15.2. The summed E-state index contributed by atoms with van der Waals surface area (Å²) in [5.41, 5.74) is 3.63. The van der Waals surface area contributed by atoms with Crippen molar-refractivity contribution in [3.05, 3.63) is 84.4 Å². The summed E-state index contributed by atoms with van der Waals surface area (Å²) < 4.78 is 6.30. The summed E-state index contributed by atoms with van der Waals surface area (Å²) in [6.07, 6.45) is 4.97. The predicted octanol–water partition coefficient (Wildman–Crippen LogP) is 5.61. The van der Waals surface area contributed by atoms with Gasteiger partial charge >= 0.3 is 0 Å². The summed E-state index contributed by atoms with van der Waals surface area (Å²) in [6, 6.07) is 26.9. The molecule has 2 fully saturated rings. The molecule has 0 radical (unpaired) electrons. The number of carbonyl (C=O) groups excluding carboxylic acids is 1. The minimum Gasteiger partial charge on any atom is -0.490 e. The number of rotatable bonds is 5. The Balaban J connectivity index is 1.23. The molecule has 1 unspecified atom stereocenters. The van der Waals surface area contributed by atoms with Crippen LogP contribution >= 0.6 is 0 Å². The Hall–Kier alpha value is -3.11. The topological polar surface area (TPSA) is 41.6 Å². The fraction of sp³-hybridized carbons (Fsp3) is 0.296. The second-order valence-electron chi connectivity index (χ2n) is 8.69. The standard InChI is InChI=1S/C27H28N2O2/c1-29-23-14-15-24(29)18-26(17-23)31-25-9-5-8-22(16-25)28-27(30)21-12-10-20(11-13-21)19-6-3-2-4-7-19/h2-13,16,23-24,26H,14-15,17-18H2,1H3,(H,28,30)/t23-,24+,26?. The Morgan fingerprint density at radius 3 is 2.26 bits per heavy atom. The van der Waals surface area contributed by atoms with Crippen LogP contribution in [0.15, 0.2) is 78.9 Å². The van der Waals surface area contributed by atoms with Crippen LogP contribution in [0.3, 0.4) is 0 Å². The SMILES string of the molecule is CN1[C@@H]2CC[C@H]1CC(Oc1cccc(NC(=O)c3ccc(-c4ccccc4)cc3)c1)C2. The molecule has 0 aliphatic carbocycles. The number of carbonyl (C=O) groups is 1. The van der Waals surface area contributed by atoms with E-state index in [2.05, 4.69) is 29.4 Å². The maximum Gasteiger partial charge on any atom is 0.255 e. The predicted molar refractivity (Wildman–Crippen MR) is 124 cm³/mol. The molecule has 2 aliphatic rings. The Kier molecular flexibility index (Phi) is 5.47. The van der Waals surface area contributed by atoms with Gasteiger partial charge in [0.05, 0.1) is 0 Å². The fourth-order valence-electron chi connectivity index (χ4n) is 4.95. The van der Waals surface area contributed by atoms with E-state index in [0.717, 1.165) is 35.4 Å². The molecule has 5 rings (SSSR count). The maximum absolute atomic E-state index is 12.7. The molecule has 1 amide bonds. The van der Waals surface area contributed by atoms with Gasteiger partial charge in [0.1, 0.15) is 11.9 Å². The highest BCUT2D eigenvalue weighted by atomic mass is 16.5. The molecule has 2 saturated heterocycles. The van der Waals surface area contributed by atoms with E-state index < -0.39 is 0 Å². The molecule has 0 spiro atoms. The van der Waals surface area contributed by atoms with Crippen LogP contribution in [0, 0.1) is 0 Å². The number of ether oxygens (including phenoxy) is 1. The van der Waals surface area contributed by atoms with E-state index in [9.17, 15) is 4.79 Å². The summed E-state index contributed by atoms with van der Waals surface area (Å²) in [5.74, 6) is 0.709. The molecule has 158 valence electrons. The summed E-state index contributed by atoms with van der Waals surface area (Å²) in [5, 5.41) is 3.00. The number of nitrogens with zero attached hydrogens (tertiary/aromatic N) is 1. The first-order valence-electron chi connectivity index (χ1n) is 11.1. The highest BCUT2D eigenvalue weighted by Gasteiger charge is 2.39. The number of nitrogens with one attached hydrogen (secondary N) is 1. The van der Waals surface area contributed by atoms with E-state index in [-0.39, 0.29) is 12.0 Å². The first-order valence-corrected chi connectivity index (χ1v) is 11.1. The van der Waals surface area contributed by atoms with Crippen LogP contribution in [0.1, 0.15) is 36.0 Å². The van der Waals surface area contributed by atoms with E-state index in [1.807, 2.05) is 66.7 Å². The summed E-state index contributed by atoms with van der Waals surface area (Å²) in [6.45, 7) is 0. The Bertz CT molecular complexity index is 1030. The number of amides is 1. The van der Waals surface area contributed by atoms with Gasteiger partial charge in [-0.1, -0.05) is 48.5 Å². The third-order valence-corrected chi connectivity index (χ3v) is 6.70. The fourth-order valence-corrected chi connectivity index (χ4v) is 4.95. The Morgan fingerprint density at radius 2 is 1.55 bits per heavy atom. The summed E-state index contributed by atoms with van der Waals surface area (Å²) >= 11 is 0. The Labute approximate surface area is 183 Å². The monoisotopic (exact) mass is 412 g/mol. The van der Waals surface area contributed by atoms with E-state index in [0.29, 0.717) is 17.6 Å². The van der Waals surface area contributed by atoms with E-state index in [1.54, 1.807) is 0 Å². The van der Waals surface area contributed by atoms with Gasteiger partial charge in [-0.3, -0.25) is 4.79 Å². The average Bonchev–Trinajstić information content (AvgIpc) is 3.00. The molecule has 3 aromatic rings. The molecule has 0 aromatic heterocycles. The van der Waals surface area contributed by atoms with Crippen LogP contribution in [0.5, 0.6) is 5.75 Å². The van der Waals surface area contributed by atoms with Gasteiger partial charge in [-0.15, -0.1) is 0 Å². The van der Waals surface area contributed by atoms with Crippen molar-refractivity contribution in [1.29, 1.82) is 0 Å². The van der Waals surface area contributed by atoms with Gasteiger partial charge < -0.3 is 15.0 Å². The van der Waals surface area contributed by atoms with E-state index >= 15 is 0 Å². The number of hydrogen-bond donors (Lipinski definition) is 1. The minimum atomic E-state index is -0.117. The molecule has 4 nitrogen and oxygen atoms in total. The normalized spacial score (nSPS) is 22.8. The lowest BCUT2D eigenvalue weighted by atomic mass is 10.0. The lowest BCUT2D eigenvalue weighted by molar-refractivity contribution is 0.0662. The van der Waals surface area contributed by atoms with Crippen molar-refractivity contribution < 1.29 is 9.53 Å². The van der Waals surface area contributed by atoms with Gasteiger partial charge in [0, 0.05) is 29.4 Å². The zero-order valence-corrected chi connectivity index (χ0v) is 17.8. The maximum atomic E-state index is 12.7. The molecule has 3 atom stereocenters. The first-order chi connectivity index (χ1) is 15.2. The average molecular weight is 413 g/mol. The van der Waals surface area contributed by atoms with Gasteiger partial charge in [-0.05, 0) is 68.1 Å². The van der Waals surface area contributed by atoms with E-state index in [4.69, 9.17) is 4.74 Å². The zero-order valence-electron chi connectivity index (χ0n) is 17.8. The molecule has 2 bridgehead atoms. The molecule has 1 N–H and O–H groups in total. The molecule has 31 heavy (non-hydrogen) atoms. The Morgan fingerprint density at radius 1 is 0.871 bits per heavy atom. The zero-order chi connectivity index (χ0) is 21.2. The van der Waals surface area contributed by atoms with Gasteiger partial charge in [0.25, 0.3) is 5.91 Å². The number of anilines is 1. The van der Waals surface area contributed by atoms with Gasteiger partial charge in [-0.2, -0.15) is 0 Å². The molecule has 2 heterocycles. The van der Waals surface area contributed by atoms with Crippen LogP contribution in [-0.4, -0.2) is 36.0 Å². The van der Waals surface area contributed by atoms with Crippen molar-refractivity contribution >= 4 is 11.6 Å². The molecular weight excluding hydrogens is 384 g/mol. The molecule has 3 aromatic carbocycles. The lowest BCUT2D eigenvalue weighted by Crippen LogP contribution is -2.43. The van der Waals surface area contributed by atoms with Gasteiger partial charge in [0.2, 0.25) is 0 Å². The van der Waals surface area contributed by atoms with Gasteiger partial charge in [0.15, 0.2) is 0 Å². The highest BCUT2D eigenvalue weighted by molar-refractivity contribution is 6.04. The van der Waals surface area contributed by atoms with Crippen molar-refractivity contribution in [2.75, 3.05) is 12.4 Å². The smallest absolute Gasteiger partial charge is 0.255 e. The lowest BCUT2D eigenvalue weighted by Gasteiger charge is -2.36. The minimum absolute atomic E-state index is 0.117. The number of piperidine rings is 1. The largest absolute Gasteiger partial charge is 0.490 e. The van der Waals surface area contributed by atoms with Crippen LogP contribution in [0.25, 0.3) is 11.1 Å². The quantitative estimate of drug-likeness (QED) is 0.592. The van der Waals surface area contributed by atoms with Crippen molar-refractivity contribution in [3.63, 3.8) is 0 Å². The van der Waals surface area contributed by atoms with Gasteiger partial charge in [-0.25, -0.2) is 0 Å². The second kappa shape index (κ2) is 8.56. The number of fused-ring (bicyclic) bond motifs is 2. The van der Waals surface area contributed by atoms with Crippen LogP contribution in [-0.2, 0) is 0 Å².